The van der Waals surface area contributed by atoms with Crippen LogP contribution in [0.2, 0.25) is 0 Å². The standard InChI is InChI=1S/C24H23N11O/c1-34-4-6-35(7-5-34)24(36)29-17-8-15(11-26-13-17)16-9-18-20(32-33-21(18)28-12-16)23-30-19-14(10-25)2-3-27-22(19)31-23/h2-3,8-9,11-13,24,29,36H,4-7H2,1H3,(H,27,30,31)(H,28,32,33). The Labute approximate surface area is 205 Å². The minimum atomic E-state index is -0.795. The van der Waals surface area contributed by atoms with Crippen molar-refractivity contribution < 1.29 is 5.11 Å². The number of aromatic amines is 2. The van der Waals surface area contributed by atoms with Crippen LogP contribution in [0.15, 0.2) is 43.0 Å². The van der Waals surface area contributed by atoms with Gasteiger partial charge < -0.3 is 20.3 Å². The molecule has 4 N–H and O–H groups in total. The maximum Gasteiger partial charge on any atom is 0.184 e. The number of aliphatic hydroxyl groups is 1. The number of aromatic nitrogens is 7. The minimum absolute atomic E-state index is 0.456. The molecular weight excluding hydrogens is 458 g/mol. The van der Waals surface area contributed by atoms with Gasteiger partial charge in [-0.25, -0.2) is 15.0 Å². The first-order valence-corrected chi connectivity index (χ1v) is 11.5. The van der Waals surface area contributed by atoms with Crippen molar-refractivity contribution in [1.82, 2.24) is 44.9 Å². The number of imidazole rings is 1. The van der Waals surface area contributed by atoms with Gasteiger partial charge in [-0.1, -0.05) is 0 Å². The lowest BCUT2D eigenvalue weighted by molar-refractivity contribution is -0.00193. The van der Waals surface area contributed by atoms with Crippen LogP contribution >= 0.6 is 0 Å². The summed E-state index contributed by atoms with van der Waals surface area (Å²) in [6, 6.07) is 7.69. The number of anilines is 1. The first-order valence-electron chi connectivity index (χ1n) is 11.5. The molecule has 180 valence electrons. The smallest absolute Gasteiger partial charge is 0.184 e. The van der Waals surface area contributed by atoms with E-state index in [1.807, 2.05) is 17.0 Å². The summed E-state index contributed by atoms with van der Waals surface area (Å²) in [5.41, 5.74) is 5.06. The van der Waals surface area contributed by atoms with Gasteiger partial charge in [0.1, 0.15) is 17.3 Å². The second-order valence-electron chi connectivity index (χ2n) is 8.77. The van der Waals surface area contributed by atoms with Gasteiger partial charge >= 0.3 is 0 Å². The summed E-state index contributed by atoms with van der Waals surface area (Å²) in [6.45, 7) is 3.40. The van der Waals surface area contributed by atoms with E-state index in [4.69, 9.17) is 0 Å². The fourth-order valence-corrected chi connectivity index (χ4v) is 4.34. The molecule has 1 fully saturated rings. The van der Waals surface area contributed by atoms with Gasteiger partial charge in [-0.2, -0.15) is 10.4 Å². The van der Waals surface area contributed by atoms with Crippen LogP contribution in [0, 0.1) is 11.3 Å². The van der Waals surface area contributed by atoms with E-state index in [2.05, 4.69) is 58.5 Å². The lowest BCUT2D eigenvalue weighted by Crippen LogP contribution is -2.51. The van der Waals surface area contributed by atoms with Crippen LogP contribution in [-0.2, 0) is 0 Å². The van der Waals surface area contributed by atoms with E-state index in [-0.39, 0.29) is 0 Å². The Morgan fingerprint density at radius 3 is 2.75 bits per heavy atom. The van der Waals surface area contributed by atoms with Crippen molar-refractivity contribution >= 4 is 27.9 Å². The summed E-state index contributed by atoms with van der Waals surface area (Å²) in [4.78, 5) is 25.1. The van der Waals surface area contributed by atoms with Gasteiger partial charge in [0.2, 0.25) is 0 Å². The normalized spacial score (nSPS) is 15.8. The molecule has 0 spiro atoms. The predicted molar refractivity (Wildman–Crippen MR) is 133 cm³/mol. The van der Waals surface area contributed by atoms with E-state index in [1.165, 1.54) is 0 Å². The van der Waals surface area contributed by atoms with E-state index in [9.17, 15) is 10.4 Å². The van der Waals surface area contributed by atoms with E-state index in [0.29, 0.717) is 39.6 Å². The summed E-state index contributed by atoms with van der Waals surface area (Å²) in [7, 11) is 2.08. The number of nitrogens with zero attached hydrogens (tertiary/aromatic N) is 8. The maximum atomic E-state index is 10.7. The molecule has 6 heterocycles. The van der Waals surface area contributed by atoms with Gasteiger partial charge in [0.25, 0.3) is 0 Å². The van der Waals surface area contributed by atoms with Gasteiger partial charge in [0.05, 0.1) is 22.8 Å². The van der Waals surface area contributed by atoms with Crippen molar-refractivity contribution in [1.29, 1.82) is 5.26 Å². The first-order chi connectivity index (χ1) is 17.6. The molecule has 5 aromatic heterocycles. The molecule has 1 unspecified atom stereocenters. The van der Waals surface area contributed by atoms with Gasteiger partial charge in [-0.05, 0) is 25.2 Å². The van der Waals surface area contributed by atoms with Crippen LogP contribution in [0.25, 0.3) is 44.8 Å². The summed E-state index contributed by atoms with van der Waals surface area (Å²) >= 11 is 0. The summed E-state index contributed by atoms with van der Waals surface area (Å²) in [6.07, 6.45) is 5.94. The Bertz CT molecular complexity index is 1590. The highest BCUT2D eigenvalue weighted by atomic mass is 16.3. The molecule has 0 radical (unpaired) electrons. The van der Waals surface area contributed by atoms with Gasteiger partial charge in [-0.3, -0.25) is 15.0 Å². The Kier molecular flexibility index (Phi) is 5.49. The molecule has 5 aromatic rings. The molecule has 6 rings (SSSR count). The number of hydrogen-bond donors (Lipinski definition) is 4. The highest BCUT2D eigenvalue weighted by Gasteiger charge is 2.21. The summed E-state index contributed by atoms with van der Waals surface area (Å²) < 4.78 is 0. The van der Waals surface area contributed by atoms with Gasteiger partial charge in [0, 0.05) is 55.9 Å². The van der Waals surface area contributed by atoms with Crippen LogP contribution in [0.3, 0.4) is 0 Å². The molecule has 12 nitrogen and oxygen atoms in total. The van der Waals surface area contributed by atoms with Crippen molar-refractivity contribution in [2.45, 2.75) is 6.35 Å². The number of rotatable bonds is 5. The molecule has 12 heteroatoms. The Morgan fingerprint density at radius 2 is 1.92 bits per heavy atom. The molecule has 0 bridgehead atoms. The summed E-state index contributed by atoms with van der Waals surface area (Å²) in [5, 5.41) is 31.3. The zero-order valence-electron chi connectivity index (χ0n) is 19.5. The van der Waals surface area contributed by atoms with Crippen molar-refractivity contribution in [2.24, 2.45) is 0 Å². The second kappa shape index (κ2) is 8.97. The van der Waals surface area contributed by atoms with Crippen molar-refractivity contribution in [2.75, 3.05) is 38.5 Å². The van der Waals surface area contributed by atoms with E-state index < -0.39 is 6.35 Å². The van der Waals surface area contributed by atoms with Crippen LogP contribution < -0.4 is 5.32 Å². The number of aliphatic hydroxyl groups excluding tert-OH is 1. The largest absolute Gasteiger partial charge is 0.361 e. The van der Waals surface area contributed by atoms with Crippen LogP contribution in [-0.4, -0.2) is 89.6 Å². The molecule has 36 heavy (non-hydrogen) atoms. The Hall–Kier alpha value is -4.44. The van der Waals surface area contributed by atoms with Gasteiger partial charge in [0.15, 0.2) is 23.5 Å². The second-order valence-corrected chi connectivity index (χ2v) is 8.77. The first kappa shape index (κ1) is 22.1. The van der Waals surface area contributed by atoms with E-state index >= 15 is 0 Å². The maximum absolute atomic E-state index is 10.7. The zero-order chi connectivity index (χ0) is 24.6. The molecule has 1 aliphatic rings. The summed E-state index contributed by atoms with van der Waals surface area (Å²) in [5.74, 6) is 0.519. The number of H-pyrrole nitrogens is 2. The molecular formula is C24H23N11O. The molecule has 0 amide bonds. The van der Waals surface area contributed by atoms with Crippen molar-refractivity contribution in [3.8, 4) is 28.7 Å². The fourth-order valence-electron chi connectivity index (χ4n) is 4.34. The third-order valence-corrected chi connectivity index (χ3v) is 6.41. The molecule has 0 aliphatic carbocycles. The van der Waals surface area contributed by atoms with Crippen LogP contribution in [0.1, 0.15) is 5.56 Å². The average molecular weight is 482 g/mol. The molecule has 1 atom stereocenters. The number of pyridine rings is 3. The fraction of sp³-hybridized carbons (Fsp3) is 0.250. The number of piperazine rings is 1. The third-order valence-electron chi connectivity index (χ3n) is 6.41. The Balaban J connectivity index is 1.30. The highest BCUT2D eigenvalue weighted by molar-refractivity contribution is 5.93. The topological polar surface area (TPSA) is 159 Å². The SMILES string of the molecule is CN1CCN(C(O)Nc2cncc(-c3cnc4n[nH]c(-c5nc6nccc(C#N)c6[nH]5)c4c3)c2)CC1. The molecule has 1 saturated heterocycles. The van der Waals surface area contributed by atoms with E-state index in [1.54, 1.807) is 30.9 Å². The number of hydrogen-bond acceptors (Lipinski definition) is 10. The van der Waals surface area contributed by atoms with E-state index in [0.717, 1.165) is 42.7 Å². The number of likely N-dealkylation sites (N-methyl/N-ethyl adjacent to an activating group) is 1. The molecule has 1 aliphatic heterocycles. The Morgan fingerprint density at radius 1 is 1.08 bits per heavy atom. The number of fused-ring (bicyclic) bond motifs is 2. The van der Waals surface area contributed by atoms with Gasteiger partial charge in [-0.15, -0.1) is 0 Å². The van der Waals surface area contributed by atoms with Crippen molar-refractivity contribution in [3.05, 3.63) is 48.5 Å². The van der Waals surface area contributed by atoms with Crippen molar-refractivity contribution in [3.63, 3.8) is 0 Å². The van der Waals surface area contributed by atoms with Crippen LogP contribution in [0.5, 0.6) is 0 Å². The zero-order valence-corrected chi connectivity index (χ0v) is 19.5. The molecule has 0 aromatic carbocycles. The quantitative estimate of drug-likeness (QED) is 0.273. The lowest BCUT2D eigenvalue weighted by Gasteiger charge is -2.35. The number of nitriles is 1. The molecule has 0 saturated carbocycles. The lowest BCUT2D eigenvalue weighted by atomic mass is 10.1. The highest BCUT2D eigenvalue weighted by Crippen LogP contribution is 2.30. The minimum Gasteiger partial charge on any atom is -0.361 e. The predicted octanol–water partition coefficient (Wildman–Crippen LogP) is 1.77. The number of nitrogens with one attached hydrogen (secondary N) is 3. The average Bonchev–Trinajstić information content (AvgIpc) is 3.52. The monoisotopic (exact) mass is 481 g/mol. The third kappa shape index (κ3) is 4.01. The van der Waals surface area contributed by atoms with Crippen LogP contribution in [0.4, 0.5) is 5.69 Å².